The normalized spacial score (nSPS) is 6.29. The first-order chi connectivity index (χ1) is 3.41. The van der Waals surface area contributed by atoms with E-state index in [1.807, 2.05) is 0 Å². The highest BCUT2D eigenvalue weighted by atomic mass is 14.8. The van der Waals surface area contributed by atoms with Gasteiger partial charge < -0.3 is 5.32 Å². The van der Waals surface area contributed by atoms with Gasteiger partial charge in [0.25, 0.3) is 0 Å². The lowest BCUT2D eigenvalue weighted by atomic mass is 10.7. The van der Waals surface area contributed by atoms with Crippen molar-refractivity contribution in [3.05, 3.63) is 0 Å². The fourth-order valence-corrected chi connectivity index (χ4v) is 0.250. The van der Waals surface area contributed by atoms with Crippen molar-refractivity contribution in [1.82, 2.24) is 5.32 Å². The molecule has 42 valence electrons. The van der Waals surface area contributed by atoms with Crippen molar-refractivity contribution >= 4 is 0 Å². The standard InChI is InChI=1S/C4H11N.C2H2/c1-3-5-4-2;1-2/h5H,3-4H2,1-2H3;1-2H. The van der Waals surface area contributed by atoms with Crippen molar-refractivity contribution in [2.45, 2.75) is 13.8 Å². The van der Waals surface area contributed by atoms with E-state index in [9.17, 15) is 0 Å². The van der Waals surface area contributed by atoms with Crippen molar-refractivity contribution in [2.75, 3.05) is 13.1 Å². The molecule has 0 aromatic heterocycles. The lowest BCUT2D eigenvalue weighted by Gasteiger charge is -1.86. The molecule has 0 aliphatic heterocycles. The molecule has 0 amide bonds. The van der Waals surface area contributed by atoms with Gasteiger partial charge in [0.2, 0.25) is 0 Å². The van der Waals surface area contributed by atoms with Crippen LogP contribution in [0.15, 0.2) is 0 Å². The Morgan fingerprint density at radius 3 is 1.43 bits per heavy atom. The second-order valence-electron chi connectivity index (χ2n) is 0.957. The van der Waals surface area contributed by atoms with Crippen LogP contribution in [0.1, 0.15) is 13.8 Å². The van der Waals surface area contributed by atoms with E-state index in [2.05, 4.69) is 32.0 Å². The minimum atomic E-state index is 1.09. The van der Waals surface area contributed by atoms with E-state index in [1.165, 1.54) is 0 Å². The summed E-state index contributed by atoms with van der Waals surface area (Å²) in [6.45, 7) is 6.39. The second kappa shape index (κ2) is 17.8. The van der Waals surface area contributed by atoms with E-state index in [4.69, 9.17) is 0 Å². The number of nitrogens with one attached hydrogen (secondary N) is 1. The summed E-state index contributed by atoms with van der Waals surface area (Å²) in [5, 5.41) is 3.11. The summed E-state index contributed by atoms with van der Waals surface area (Å²) in [6.07, 6.45) is 8.00. The third-order valence-corrected chi connectivity index (χ3v) is 0.500. The first kappa shape index (κ1) is 9.72. The first-order valence-corrected chi connectivity index (χ1v) is 2.45. The quantitative estimate of drug-likeness (QED) is 0.506. The van der Waals surface area contributed by atoms with Crippen molar-refractivity contribution in [2.24, 2.45) is 0 Å². The average molecular weight is 99.2 g/mol. The molecule has 0 bridgehead atoms. The molecule has 0 aromatic rings. The first-order valence-electron chi connectivity index (χ1n) is 2.45. The van der Waals surface area contributed by atoms with E-state index in [0.29, 0.717) is 0 Å². The summed E-state index contributed by atoms with van der Waals surface area (Å²) in [5.41, 5.74) is 0. The smallest absolute Gasteiger partial charge is 0.00775 e. The van der Waals surface area contributed by atoms with E-state index in [-0.39, 0.29) is 0 Å². The summed E-state index contributed by atoms with van der Waals surface area (Å²) < 4.78 is 0. The molecule has 0 heterocycles. The topological polar surface area (TPSA) is 12.0 Å². The minimum absolute atomic E-state index is 1.09. The highest BCUT2D eigenvalue weighted by molar-refractivity contribution is 4.47. The van der Waals surface area contributed by atoms with Gasteiger partial charge in [0.15, 0.2) is 0 Å². The van der Waals surface area contributed by atoms with Crippen LogP contribution in [-0.2, 0) is 0 Å². The van der Waals surface area contributed by atoms with Crippen LogP contribution in [0.25, 0.3) is 0 Å². The zero-order valence-corrected chi connectivity index (χ0v) is 5.07. The maximum Gasteiger partial charge on any atom is -0.00775 e. The Hall–Kier alpha value is -0.480. The third kappa shape index (κ3) is 29.6. The van der Waals surface area contributed by atoms with Gasteiger partial charge in [-0.05, 0) is 13.1 Å². The lowest BCUT2D eigenvalue weighted by Crippen LogP contribution is -2.09. The van der Waals surface area contributed by atoms with Crippen LogP contribution in [0.4, 0.5) is 0 Å². The summed E-state index contributed by atoms with van der Waals surface area (Å²) >= 11 is 0. The largest absolute Gasteiger partial charge is 0.317 e. The van der Waals surface area contributed by atoms with Crippen molar-refractivity contribution < 1.29 is 0 Å². The van der Waals surface area contributed by atoms with Crippen molar-refractivity contribution in [3.8, 4) is 12.8 Å². The molecule has 0 atom stereocenters. The van der Waals surface area contributed by atoms with Crippen LogP contribution in [-0.4, -0.2) is 13.1 Å². The van der Waals surface area contributed by atoms with Crippen LogP contribution in [0.2, 0.25) is 0 Å². The van der Waals surface area contributed by atoms with Gasteiger partial charge in [-0.25, -0.2) is 0 Å². The maximum absolute atomic E-state index is 4.00. The molecule has 0 rings (SSSR count). The molecule has 0 saturated carbocycles. The van der Waals surface area contributed by atoms with Crippen LogP contribution in [0.5, 0.6) is 0 Å². The molecule has 0 fully saturated rings. The Balaban J connectivity index is 0. The summed E-state index contributed by atoms with van der Waals surface area (Å²) in [6, 6.07) is 0. The molecule has 1 heteroatoms. The van der Waals surface area contributed by atoms with Gasteiger partial charge in [-0.15, -0.1) is 12.8 Å². The number of rotatable bonds is 2. The maximum atomic E-state index is 4.00. The van der Waals surface area contributed by atoms with Crippen LogP contribution in [0.3, 0.4) is 0 Å². The summed E-state index contributed by atoms with van der Waals surface area (Å²) in [5.74, 6) is 0. The van der Waals surface area contributed by atoms with Gasteiger partial charge >= 0.3 is 0 Å². The van der Waals surface area contributed by atoms with E-state index < -0.39 is 0 Å². The van der Waals surface area contributed by atoms with Crippen molar-refractivity contribution in [1.29, 1.82) is 0 Å². The fourth-order valence-electron chi connectivity index (χ4n) is 0.250. The van der Waals surface area contributed by atoms with Gasteiger partial charge in [0.1, 0.15) is 0 Å². The molecule has 0 aliphatic rings. The molecule has 1 N–H and O–H groups in total. The lowest BCUT2D eigenvalue weighted by molar-refractivity contribution is 0.762. The molecule has 7 heavy (non-hydrogen) atoms. The summed E-state index contributed by atoms with van der Waals surface area (Å²) in [7, 11) is 0. The Labute approximate surface area is 46.1 Å². The van der Waals surface area contributed by atoms with E-state index in [0.717, 1.165) is 13.1 Å². The highest BCUT2D eigenvalue weighted by Gasteiger charge is 1.62. The third-order valence-electron chi connectivity index (χ3n) is 0.500. The number of hydrogen-bond acceptors (Lipinski definition) is 1. The molecule has 0 aromatic carbocycles. The van der Waals surface area contributed by atoms with Crippen molar-refractivity contribution in [3.63, 3.8) is 0 Å². The Kier molecular flexibility index (Phi) is 24.7. The zero-order chi connectivity index (χ0) is 6.12. The molecule has 0 spiro atoms. The minimum Gasteiger partial charge on any atom is -0.317 e. The van der Waals surface area contributed by atoms with Gasteiger partial charge in [-0.3, -0.25) is 0 Å². The number of terminal acetylenes is 1. The molecule has 0 saturated heterocycles. The molecule has 1 nitrogen and oxygen atoms in total. The number of hydrogen-bond donors (Lipinski definition) is 1. The predicted octanol–water partition coefficient (Wildman–Crippen LogP) is 0.865. The SMILES string of the molecule is C#C.CCNCC. The zero-order valence-electron chi connectivity index (χ0n) is 5.07. The van der Waals surface area contributed by atoms with Gasteiger partial charge in [0.05, 0.1) is 0 Å². The molecular weight excluding hydrogens is 86.1 g/mol. The summed E-state index contributed by atoms with van der Waals surface area (Å²) in [4.78, 5) is 0. The average Bonchev–Trinajstić information content (AvgIpc) is 1.75. The van der Waals surface area contributed by atoms with Crippen LogP contribution in [0, 0.1) is 12.8 Å². The molecule has 0 unspecified atom stereocenters. The Morgan fingerprint density at radius 2 is 1.43 bits per heavy atom. The highest BCUT2D eigenvalue weighted by Crippen LogP contribution is 1.47. The molecular formula is C6H13N. The fraction of sp³-hybridized carbons (Fsp3) is 0.667. The molecule has 0 radical (unpaired) electrons. The Bertz CT molecular complexity index is 28.4. The van der Waals surface area contributed by atoms with E-state index >= 15 is 0 Å². The second-order valence-corrected chi connectivity index (χ2v) is 0.957. The monoisotopic (exact) mass is 99.1 g/mol. The molecule has 0 aliphatic carbocycles. The Morgan fingerprint density at radius 1 is 1.14 bits per heavy atom. The van der Waals surface area contributed by atoms with Crippen LogP contribution < -0.4 is 5.32 Å². The predicted molar refractivity (Wildman–Crippen MR) is 34.1 cm³/mol. The van der Waals surface area contributed by atoms with Crippen LogP contribution >= 0.6 is 0 Å². The van der Waals surface area contributed by atoms with Gasteiger partial charge in [0, 0.05) is 0 Å². The van der Waals surface area contributed by atoms with Gasteiger partial charge in [-0.1, -0.05) is 13.8 Å². The van der Waals surface area contributed by atoms with E-state index in [1.54, 1.807) is 0 Å². The van der Waals surface area contributed by atoms with Gasteiger partial charge in [-0.2, -0.15) is 0 Å².